The summed E-state index contributed by atoms with van der Waals surface area (Å²) < 4.78 is 26.4. The van der Waals surface area contributed by atoms with Gasteiger partial charge in [-0.3, -0.25) is 0 Å². The topological polar surface area (TPSA) is 43.4 Å². The van der Waals surface area contributed by atoms with Crippen LogP contribution >= 0.6 is 0 Å². The zero-order chi connectivity index (χ0) is 42.6. The molecule has 0 fully saturated rings. The van der Waals surface area contributed by atoms with Crippen molar-refractivity contribution in [1.82, 2.24) is 0 Å². The van der Waals surface area contributed by atoms with Gasteiger partial charge in [0.2, 0.25) is 0 Å². The van der Waals surface area contributed by atoms with E-state index in [4.69, 9.17) is 18.9 Å². The first-order valence-electron chi connectivity index (χ1n) is 21.9. The summed E-state index contributed by atoms with van der Waals surface area (Å²) in [5.74, 6) is 5.33. The Bertz CT molecular complexity index is 3580. The normalized spacial score (nSPS) is 13.3. The maximum absolute atomic E-state index is 6.73. The first kappa shape index (κ1) is 35.9. The summed E-state index contributed by atoms with van der Waals surface area (Å²) in [4.78, 5) is 4.90. The van der Waals surface area contributed by atoms with Gasteiger partial charge in [0.25, 0.3) is 0 Å². The highest BCUT2D eigenvalue weighted by Crippen LogP contribution is 2.54. The number of benzene rings is 10. The minimum Gasteiger partial charge on any atom is -0.450 e. The van der Waals surface area contributed by atoms with Crippen LogP contribution in [0.25, 0.3) is 44.2 Å². The second-order valence-electron chi connectivity index (χ2n) is 16.9. The Morgan fingerprint density at radius 2 is 0.815 bits per heavy atom. The van der Waals surface area contributed by atoms with Crippen LogP contribution in [0, 0.1) is 0 Å². The summed E-state index contributed by atoms with van der Waals surface area (Å²) >= 11 is 0. The fourth-order valence-electron chi connectivity index (χ4n) is 10.1. The Morgan fingerprint density at radius 3 is 1.48 bits per heavy atom. The monoisotopic (exact) mass is 834 g/mol. The summed E-state index contributed by atoms with van der Waals surface area (Å²) in [5.41, 5.74) is 14.3. The van der Waals surface area contributed by atoms with Gasteiger partial charge in [0, 0.05) is 40.4 Å². The van der Waals surface area contributed by atoms with E-state index in [1.165, 1.54) is 27.4 Å². The van der Waals surface area contributed by atoms with Crippen LogP contribution in [0.5, 0.6) is 46.0 Å². The van der Waals surface area contributed by atoms with Crippen LogP contribution < -0.4 is 39.6 Å². The molecule has 0 aromatic heterocycles. The van der Waals surface area contributed by atoms with Crippen molar-refractivity contribution in [3.63, 3.8) is 0 Å². The van der Waals surface area contributed by atoms with Gasteiger partial charge in [0.05, 0.1) is 5.69 Å². The van der Waals surface area contributed by atoms with Crippen molar-refractivity contribution in [3.8, 4) is 79.4 Å². The molecule has 0 saturated carbocycles. The Kier molecular flexibility index (Phi) is 7.68. The summed E-state index contributed by atoms with van der Waals surface area (Å²) in [6.07, 6.45) is 0. The van der Waals surface area contributed by atoms with E-state index >= 15 is 0 Å². The molecule has 0 aliphatic carbocycles. The van der Waals surface area contributed by atoms with Gasteiger partial charge in [0.1, 0.15) is 0 Å². The van der Waals surface area contributed by atoms with E-state index < -0.39 is 0 Å². The number of nitrogens with zero attached hydrogens (tertiary/aromatic N) is 2. The lowest BCUT2D eigenvalue weighted by molar-refractivity contribution is 0.359. The van der Waals surface area contributed by atoms with Gasteiger partial charge in [-0.25, -0.2) is 0 Å². The van der Waals surface area contributed by atoms with Gasteiger partial charge in [-0.05, 0) is 128 Å². The average Bonchev–Trinajstić information content (AvgIpc) is 3.37. The Balaban J connectivity index is 1.06. The molecule has 10 aromatic rings. The van der Waals surface area contributed by atoms with Gasteiger partial charge in [-0.1, -0.05) is 121 Å². The fraction of sp³-hybridized carbons (Fsp3) is 0. The van der Waals surface area contributed by atoms with Crippen molar-refractivity contribution < 1.29 is 18.9 Å². The predicted octanol–water partition coefficient (Wildman–Crippen LogP) is 14.7. The largest absolute Gasteiger partial charge is 0.450 e. The van der Waals surface area contributed by atoms with Crippen LogP contribution in [-0.4, -0.2) is 6.85 Å². The highest BCUT2D eigenvalue weighted by molar-refractivity contribution is 6.93. The minimum absolute atomic E-state index is 0.275. The molecule has 10 aromatic carbocycles. The first-order chi connectivity index (χ1) is 32.2. The molecule has 65 heavy (non-hydrogen) atoms. The second kappa shape index (κ2) is 13.9. The second-order valence-corrected chi connectivity index (χ2v) is 16.9. The third-order valence-corrected chi connectivity index (χ3v) is 13.1. The van der Waals surface area contributed by atoms with Gasteiger partial charge < -0.3 is 28.7 Å². The van der Waals surface area contributed by atoms with E-state index in [1.807, 2.05) is 54.6 Å². The maximum Gasteiger partial charge on any atom is 0.333 e. The molecule has 0 bridgehead atoms. The minimum atomic E-state index is -0.275. The number of anilines is 5. The van der Waals surface area contributed by atoms with Crippen molar-refractivity contribution in [2.45, 2.75) is 0 Å². The Labute approximate surface area is 375 Å². The first-order valence-corrected chi connectivity index (χ1v) is 21.9. The third kappa shape index (κ3) is 5.62. The number of para-hydroxylation sites is 4. The predicted molar refractivity (Wildman–Crippen MR) is 262 cm³/mol. The van der Waals surface area contributed by atoms with Crippen molar-refractivity contribution in [2.75, 3.05) is 9.71 Å². The molecule has 6 nitrogen and oxygen atoms in total. The molecule has 0 amide bonds. The summed E-state index contributed by atoms with van der Waals surface area (Å²) in [6.45, 7) is -0.275. The molecule has 4 aliphatic rings. The molecule has 0 saturated heterocycles. The zero-order valence-electron chi connectivity index (χ0n) is 34.8. The number of hydrogen-bond donors (Lipinski definition) is 0. The quantitative estimate of drug-likeness (QED) is 0.165. The van der Waals surface area contributed by atoms with E-state index in [0.29, 0.717) is 46.0 Å². The van der Waals surface area contributed by atoms with E-state index in [2.05, 4.69) is 167 Å². The van der Waals surface area contributed by atoms with Crippen LogP contribution in [0.1, 0.15) is 0 Å². The SMILES string of the molecule is c1ccc(-c2ccc(N3B4c5cc6c(cc5N(c5ccc7c(c5)Oc5ccccc5O7)c5cc(-c7ccccc7)cc(c54)-c4cc5ccccc5cc43)Oc3ccccc3O6)cc2)cc1. The summed E-state index contributed by atoms with van der Waals surface area (Å²) in [5, 5.41) is 2.36. The van der Waals surface area contributed by atoms with Crippen LogP contribution in [0.3, 0.4) is 0 Å². The number of ether oxygens (including phenoxy) is 4. The van der Waals surface area contributed by atoms with Crippen molar-refractivity contribution in [1.29, 1.82) is 0 Å². The summed E-state index contributed by atoms with van der Waals surface area (Å²) in [7, 11) is 0. The molecule has 7 heteroatoms. The van der Waals surface area contributed by atoms with E-state index in [-0.39, 0.29) is 6.85 Å². The lowest BCUT2D eigenvalue weighted by atomic mass is 9.43. The van der Waals surface area contributed by atoms with Gasteiger partial charge in [-0.2, -0.15) is 0 Å². The molecule has 4 aliphatic heterocycles. The number of fused-ring (bicyclic) bond motifs is 9. The molecule has 0 unspecified atom stereocenters. The maximum atomic E-state index is 6.73. The molecule has 0 spiro atoms. The number of rotatable bonds is 4. The fourth-order valence-corrected chi connectivity index (χ4v) is 10.1. The smallest absolute Gasteiger partial charge is 0.333 e. The zero-order valence-corrected chi connectivity index (χ0v) is 34.8. The average molecular weight is 835 g/mol. The van der Waals surface area contributed by atoms with Gasteiger partial charge >= 0.3 is 6.85 Å². The highest BCUT2D eigenvalue weighted by atomic mass is 16.6. The summed E-state index contributed by atoms with van der Waals surface area (Å²) in [6, 6.07) is 74.6. The lowest BCUT2D eigenvalue weighted by Gasteiger charge is -2.46. The molecular formula is C58H35BN2O4. The van der Waals surface area contributed by atoms with E-state index in [9.17, 15) is 0 Å². The molecule has 14 rings (SSSR count). The van der Waals surface area contributed by atoms with Crippen LogP contribution in [-0.2, 0) is 0 Å². The van der Waals surface area contributed by atoms with Gasteiger partial charge in [-0.15, -0.1) is 0 Å². The van der Waals surface area contributed by atoms with Crippen molar-refractivity contribution in [3.05, 3.63) is 212 Å². The molecule has 0 atom stereocenters. The van der Waals surface area contributed by atoms with Crippen LogP contribution in [0.15, 0.2) is 212 Å². The number of hydrogen-bond acceptors (Lipinski definition) is 6. The molecule has 0 N–H and O–H groups in total. The van der Waals surface area contributed by atoms with Crippen LogP contribution in [0.2, 0.25) is 0 Å². The highest BCUT2D eigenvalue weighted by Gasteiger charge is 2.46. The molecule has 0 radical (unpaired) electrons. The van der Waals surface area contributed by atoms with Crippen molar-refractivity contribution >= 4 is 57.0 Å². The van der Waals surface area contributed by atoms with Crippen molar-refractivity contribution in [2.24, 2.45) is 0 Å². The standard InChI is InChI=1S/C58H35BN2O4/c1-3-13-36(14-4-1)38-23-25-42(26-24-38)61-47-31-40-18-8-7-17-39(40)29-44(47)45-30-41(37-15-5-2-6-16-37)32-49-58(45)59(61)46-34-56-57(65-53-22-12-11-21-52(53)64-56)35-48(46)60(49)43-27-28-54-55(33-43)63-51-20-10-9-19-50(51)62-54/h1-35H. The molecule has 304 valence electrons. The molecule has 4 heterocycles. The Morgan fingerprint density at radius 1 is 0.308 bits per heavy atom. The van der Waals surface area contributed by atoms with Crippen LogP contribution in [0.4, 0.5) is 28.4 Å². The molecular weight excluding hydrogens is 799 g/mol. The van der Waals surface area contributed by atoms with Gasteiger partial charge in [0.15, 0.2) is 46.0 Å². The third-order valence-electron chi connectivity index (χ3n) is 13.1. The van der Waals surface area contributed by atoms with E-state index in [0.717, 1.165) is 56.2 Å². The Hall–Kier alpha value is -8.68. The van der Waals surface area contributed by atoms with E-state index in [1.54, 1.807) is 0 Å². The lowest BCUT2D eigenvalue weighted by Crippen LogP contribution is -2.61.